The maximum absolute atomic E-state index is 9.28. The number of aromatic nitrogens is 2. The van der Waals surface area contributed by atoms with E-state index in [2.05, 4.69) is 15.3 Å². The van der Waals surface area contributed by atoms with E-state index in [4.69, 9.17) is 5.73 Å². The summed E-state index contributed by atoms with van der Waals surface area (Å²) in [5.74, 6) is 0.241. The lowest BCUT2D eigenvalue weighted by molar-refractivity contribution is 0.475. The highest BCUT2D eigenvalue weighted by atomic mass is 16.3. The van der Waals surface area contributed by atoms with Gasteiger partial charge in [-0.15, -0.1) is 0 Å². The molecule has 0 aliphatic rings. The summed E-state index contributed by atoms with van der Waals surface area (Å²) in [4.78, 5) is 8.28. The molecule has 94 valence electrons. The lowest BCUT2D eigenvalue weighted by Crippen LogP contribution is -2.09. The molecule has 0 atom stereocenters. The van der Waals surface area contributed by atoms with Gasteiger partial charge in [-0.3, -0.25) is 0 Å². The van der Waals surface area contributed by atoms with Gasteiger partial charge in [0, 0.05) is 12.1 Å². The summed E-state index contributed by atoms with van der Waals surface area (Å²) in [6, 6.07) is 6.93. The molecule has 1 heterocycles. The standard InChI is InChI=1S/C13H16N4O/c14-6-1-7-16-12-8-15-9-17-13(12)10-2-4-11(18)5-3-10/h2-5,8-9,16,18H,1,6-7,14H2. The first-order valence-electron chi connectivity index (χ1n) is 5.84. The molecule has 0 saturated heterocycles. The summed E-state index contributed by atoms with van der Waals surface area (Å²) >= 11 is 0. The zero-order valence-corrected chi connectivity index (χ0v) is 10.0. The Morgan fingerprint density at radius 1 is 1.22 bits per heavy atom. The molecule has 0 bridgehead atoms. The van der Waals surface area contributed by atoms with Crippen molar-refractivity contribution in [3.05, 3.63) is 36.8 Å². The highest BCUT2D eigenvalue weighted by Gasteiger charge is 2.06. The van der Waals surface area contributed by atoms with Crippen LogP contribution in [0.3, 0.4) is 0 Å². The smallest absolute Gasteiger partial charge is 0.116 e. The van der Waals surface area contributed by atoms with Gasteiger partial charge in [0.2, 0.25) is 0 Å². The fraction of sp³-hybridized carbons (Fsp3) is 0.231. The third-order valence-corrected chi connectivity index (χ3v) is 2.55. The fourth-order valence-electron chi connectivity index (χ4n) is 1.63. The minimum Gasteiger partial charge on any atom is -0.508 e. The van der Waals surface area contributed by atoms with Crippen molar-refractivity contribution in [2.75, 3.05) is 18.4 Å². The van der Waals surface area contributed by atoms with Crippen LogP contribution < -0.4 is 11.1 Å². The van der Waals surface area contributed by atoms with Crippen molar-refractivity contribution in [1.82, 2.24) is 9.97 Å². The SMILES string of the molecule is NCCCNc1cncnc1-c1ccc(O)cc1. The zero-order valence-electron chi connectivity index (χ0n) is 10.0. The number of hydrogen-bond donors (Lipinski definition) is 3. The molecule has 0 unspecified atom stereocenters. The highest BCUT2D eigenvalue weighted by molar-refractivity contribution is 5.73. The van der Waals surface area contributed by atoms with Gasteiger partial charge in [-0.25, -0.2) is 9.97 Å². The van der Waals surface area contributed by atoms with Crippen LogP contribution in [-0.4, -0.2) is 28.2 Å². The van der Waals surface area contributed by atoms with E-state index in [0.717, 1.165) is 29.9 Å². The second-order valence-electron chi connectivity index (χ2n) is 3.90. The van der Waals surface area contributed by atoms with Crippen LogP contribution in [0, 0.1) is 0 Å². The van der Waals surface area contributed by atoms with Gasteiger partial charge in [-0.2, -0.15) is 0 Å². The summed E-state index contributed by atoms with van der Waals surface area (Å²) in [7, 11) is 0. The molecule has 0 fully saturated rings. The van der Waals surface area contributed by atoms with E-state index in [1.807, 2.05) is 12.1 Å². The molecule has 1 aromatic heterocycles. The number of rotatable bonds is 5. The van der Waals surface area contributed by atoms with Crippen molar-refractivity contribution >= 4 is 5.69 Å². The maximum Gasteiger partial charge on any atom is 0.116 e. The van der Waals surface area contributed by atoms with Crippen LogP contribution in [0.25, 0.3) is 11.3 Å². The largest absolute Gasteiger partial charge is 0.508 e. The average Bonchev–Trinajstić information content (AvgIpc) is 2.41. The molecule has 0 aliphatic carbocycles. The van der Waals surface area contributed by atoms with Crippen LogP contribution in [0.15, 0.2) is 36.8 Å². The number of anilines is 1. The number of phenols is 1. The topological polar surface area (TPSA) is 84.1 Å². The number of aromatic hydroxyl groups is 1. The first kappa shape index (κ1) is 12.3. The number of benzene rings is 1. The quantitative estimate of drug-likeness (QED) is 0.696. The monoisotopic (exact) mass is 244 g/mol. The van der Waals surface area contributed by atoms with Gasteiger partial charge in [-0.1, -0.05) is 0 Å². The molecule has 0 spiro atoms. The van der Waals surface area contributed by atoms with Gasteiger partial charge in [0.25, 0.3) is 0 Å². The molecule has 2 rings (SSSR count). The Labute approximate surface area is 106 Å². The lowest BCUT2D eigenvalue weighted by Gasteiger charge is -2.10. The third-order valence-electron chi connectivity index (χ3n) is 2.55. The predicted octanol–water partition coefficient (Wildman–Crippen LogP) is 1.61. The third kappa shape index (κ3) is 2.95. The minimum absolute atomic E-state index is 0.241. The minimum atomic E-state index is 0.241. The van der Waals surface area contributed by atoms with E-state index in [1.54, 1.807) is 18.3 Å². The van der Waals surface area contributed by atoms with E-state index in [1.165, 1.54) is 6.33 Å². The first-order chi connectivity index (χ1) is 8.81. The van der Waals surface area contributed by atoms with Gasteiger partial charge >= 0.3 is 0 Å². The average molecular weight is 244 g/mol. The Morgan fingerprint density at radius 2 is 2.00 bits per heavy atom. The van der Waals surface area contributed by atoms with E-state index >= 15 is 0 Å². The Morgan fingerprint density at radius 3 is 2.72 bits per heavy atom. The van der Waals surface area contributed by atoms with Crippen LogP contribution in [0.5, 0.6) is 5.75 Å². The van der Waals surface area contributed by atoms with Crippen LogP contribution in [0.1, 0.15) is 6.42 Å². The van der Waals surface area contributed by atoms with E-state index in [0.29, 0.717) is 6.54 Å². The maximum atomic E-state index is 9.28. The van der Waals surface area contributed by atoms with Gasteiger partial charge < -0.3 is 16.2 Å². The Balaban J connectivity index is 2.23. The molecular formula is C13H16N4O. The van der Waals surface area contributed by atoms with Gasteiger partial charge in [0.1, 0.15) is 12.1 Å². The van der Waals surface area contributed by atoms with Crippen LogP contribution in [0.4, 0.5) is 5.69 Å². The normalized spacial score (nSPS) is 10.3. The van der Waals surface area contributed by atoms with Gasteiger partial charge in [0.15, 0.2) is 0 Å². The van der Waals surface area contributed by atoms with Crippen LogP contribution in [0.2, 0.25) is 0 Å². The van der Waals surface area contributed by atoms with E-state index in [9.17, 15) is 5.11 Å². The van der Waals surface area contributed by atoms with Crippen LogP contribution in [-0.2, 0) is 0 Å². The van der Waals surface area contributed by atoms with Crippen molar-refractivity contribution in [2.24, 2.45) is 5.73 Å². The van der Waals surface area contributed by atoms with Gasteiger partial charge in [-0.05, 0) is 37.2 Å². The Hall–Kier alpha value is -2.14. The van der Waals surface area contributed by atoms with Crippen molar-refractivity contribution in [3.8, 4) is 17.0 Å². The highest BCUT2D eigenvalue weighted by Crippen LogP contribution is 2.25. The molecule has 2 aromatic rings. The van der Waals surface area contributed by atoms with Crippen molar-refractivity contribution < 1.29 is 5.11 Å². The molecule has 1 aromatic carbocycles. The fourth-order valence-corrected chi connectivity index (χ4v) is 1.63. The number of nitrogens with two attached hydrogens (primary N) is 1. The Bertz CT molecular complexity index is 499. The predicted molar refractivity (Wildman–Crippen MR) is 71.3 cm³/mol. The second kappa shape index (κ2) is 5.97. The molecular weight excluding hydrogens is 228 g/mol. The molecule has 5 nitrogen and oxygen atoms in total. The number of hydrogen-bond acceptors (Lipinski definition) is 5. The summed E-state index contributed by atoms with van der Waals surface area (Å²) in [6.45, 7) is 1.43. The number of nitrogens with one attached hydrogen (secondary N) is 1. The molecule has 0 amide bonds. The number of phenolic OH excluding ortho intramolecular Hbond substituents is 1. The molecule has 0 radical (unpaired) electrons. The van der Waals surface area contributed by atoms with E-state index in [-0.39, 0.29) is 5.75 Å². The summed E-state index contributed by atoms with van der Waals surface area (Å²) in [5.41, 5.74) is 8.09. The van der Waals surface area contributed by atoms with Crippen molar-refractivity contribution in [2.45, 2.75) is 6.42 Å². The summed E-state index contributed by atoms with van der Waals surface area (Å²) in [6.07, 6.45) is 4.14. The molecule has 0 aliphatic heterocycles. The zero-order chi connectivity index (χ0) is 12.8. The summed E-state index contributed by atoms with van der Waals surface area (Å²) < 4.78 is 0. The van der Waals surface area contributed by atoms with Crippen LogP contribution >= 0.6 is 0 Å². The lowest BCUT2D eigenvalue weighted by atomic mass is 10.1. The van der Waals surface area contributed by atoms with Crippen molar-refractivity contribution in [1.29, 1.82) is 0 Å². The first-order valence-corrected chi connectivity index (χ1v) is 5.84. The molecule has 4 N–H and O–H groups in total. The van der Waals surface area contributed by atoms with E-state index < -0.39 is 0 Å². The molecule has 0 saturated carbocycles. The van der Waals surface area contributed by atoms with Gasteiger partial charge in [0.05, 0.1) is 17.6 Å². The van der Waals surface area contributed by atoms with Crippen molar-refractivity contribution in [3.63, 3.8) is 0 Å². The molecule has 5 heteroatoms. The summed E-state index contributed by atoms with van der Waals surface area (Å²) in [5, 5.41) is 12.5. The number of nitrogens with zero attached hydrogens (tertiary/aromatic N) is 2. The Kier molecular flexibility index (Phi) is 4.09. The second-order valence-corrected chi connectivity index (χ2v) is 3.90. The molecule has 18 heavy (non-hydrogen) atoms.